The molecule has 0 bridgehead atoms. The van der Waals surface area contributed by atoms with Gasteiger partial charge in [0.2, 0.25) is 0 Å². The zero-order valence-electron chi connectivity index (χ0n) is 20.2. The molecule has 4 rings (SSSR count). The summed E-state index contributed by atoms with van der Waals surface area (Å²) in [5.74, 6) is 6.68. The Hall–Kier alpha value is -0.300. The first-order chi connectivity index (χ1) is 14.7. The first-order valence-corrected chi connectivity index (χ1v) is 14.0. The van der Waals surface area contributed by atoms with Crippen molar-refractivity contribution < 1.29 is 4.74 Å². The Morgan fingerprint density at radius 1 is 0.667 bits per heavy atom. The molecule has 0 aromatic carbocycles. The lowest BCUT2D eigenvalue weighted by atomic mass is 9.66. The molecule has 30 heavy (non-hydrogen) atoms. The molecule has 0 saturated heterocycles. The number of rotatable bonds is 7. The van der Waals surface area contributed by atoms with Crippen molar-refractivity contribution in [3.63, 3.8) is 0 Å². The fourth-order valence-electron chi connectivity index (χ4n) is 7.44. The molecule has 4 aliphatic rings. The standard InChI is InChI=1S/C29H50O/c1-3-4-23-7-11-25(12-8-23)27-15-17-28(18-16-27)26-13-9-24(10-14-26)21-30-29-19-5-22(2)6-20-29/h7,11,22-29H,3-6,8-10,12-21H2,1-2H3. The van der Waals surface area contributed by atoms with Crippen LogP contribution in [-0.4, -0.2) is 12.7 Å². The summed E-state index contributed by atoms with van der Waals surface area (Å²) < 4.78 is 6.35. The van der Waals surface area contributed by atoms with Crippen molar-refractivity contribution in [1.29, 1.82) is 0 Å². The van der Waals surface area contributed by atoms with E-state index in [1.807, 2.05) is 0 Å². The monoisotopic (exact) mass is 414 g/mol. The first-order valence-electron chi connectivity index (χ1n) is 14.0. The van der Waals surface area contributed by atoms with Gasteiger partial charge in [0.25, 0.3) is 0 Å². The Kier molecular flexibility index (Phi) is 8.79. The molecule has 172 valence electrons. The Morgan fingerprint density at radius 2 is 1.30 bits per heavy atom. The molecular weight excluding hydrogens is 364 g/mol. The van der Waals surface area contributed by atoms with Gasteiger partial charge in [0.15, 0.2) is 0 Å². The Bertz CT molecular complexity index is 500. The quantitative estimate of drug-likeness (QED) is 0.379. The van der Waals surface area contributed by atoms with Crippen LogP contribution < -0.4 is 0 Å². The predicted molar refractivity (Wildman–Crippen MR) is 129 cm³/mol. The summed E-state index contributed by atoms with van der Waals surface area (Å²) in [6.07, 6.45) is 28.8. The molecular formula is C29H50O. The zero-order chi connectivity index (χ0) is 20.8. The molecule has 0 N–H and O–H groups in total. The maximum Gasteiger partial charge on any atom is 0.0575 e. The van der Waals surface area contributed by atoms with Crippen LogP contribution in [0.25, 0.3) is 0 Å². The molecule has 0 amide bonds. The third-order valence-electron chi connectivity index (χ3n) is 9.67. The van der Waals surface area contributed by atoms with Crippen molar-refractivity contribution >= 4 is 0 Å². The van der Waals surface area contributed by atoms with Crippen LogP contribution in [0, 0.1) is 41.4 Å². The van der Waals surface area contributed by atoms with Gasteiger partial charge in [-0.1, -0.05) is 32.4 Å². The molecule has 0 aliphatic heterocycles. The highest BCUT2D eigenvalue weighted by Gasteiger charge is 2.33. The minimum Gasteiger partial charge on any atom is -0.378 e. The van der Waals surface area contributed by atoms with E-state index in [4.69, 9.17) is 4.74 Å². The largest absolute Gasteiger partial charge is 0.378 e. The van der Waals surface area contributed by atoms with Gasteiger partial charge in [0.1, 0.15) is 0 Å². The van der Waals surface area contributed by atoms with Crippen LogP contribution in [0.3, 0.4) is 0 Å². The van der Waals surface area contributed by atoms with E-state index in [2.05, 4.69) is 26.0 Å². The van der Waals surface area contributed by atoms with Gasteiger partial charge < -0.3 is 4.74 Å². The molecule has 3 fully saturated rings. The summed E-state index contributed by atoms with van der Waals surface area (Å²) in [5.41, 5.74) is 0. The van der Waals surface area contributed by atoms with E-state index in [0.717, 1.165) is 48.0 Å². The zero-order valence-corrected chi connectivity index (χ0v) is 20.2. The summed E-state index contributed by atoms with van der Waals surface area (Å²) in [4.78, 5) is 0. The van der Waals surface area contributed by atoms with Crippen LogP contribution >= 0.6 is 0 Å². The van der Waals surface area contributed by atoms with Gasteiger partial charge in [-0.25, -0.2) is 0 Å². The van der Waals surface area contributed by atoms with Crippen LogP contribution in [0.15, 0.2) is 12.2 Å². The maximum absolute atomic E-state index is 6.35. The van der Waals surface area contributed by atoms with E-state index in [1.165, 1.54) is 103 Å². The smallest absolute Gasteiger partial charge is 0.0575 e. The van der Waals surface area contributed by atoms with Gasteiger partial charge in [0, 0.05) is 6.61 Å². The van der Waals surface area contributed by atoms with E-state index in [1.54, 1.807) is 0 Å². The van der Waals surface area contributed by atoms with Gasteiger partial charge in [-0.2, -0.15) is 0 Å². The molecule has 1 heteroatoms. The molecule has 0 radical (unpaired) electrons. The number of hydrogen-bond acceptors (Lipinski definition) is 1. The average molecular weight is 415 g/mol. The maximum atomic E-state index is 6.35. The second-order valence-corrected chi connectivity index (χ2v) is 11.8. The summed E-state index contributed by atoms with van der Waals surface area (Å²) in [6, 6.07) is 0. The van der Waals surface area contributed by atoms with Crippen molar-refractivity contribution in [1.82, 2.24) is 0 Å². The van der Waals surface area contributed by atoms with Gasteiger partial charge in [0.05, 0.1) is 6.10 Å². The highest BCUT2D eigenvalue weighted by Crippen LogP contribution is 2.45. The minimum absolute atomic E-state index is 0.584. The molecule has 0 spiro atoms. The van der Waals surface area contributed by atoms with Crippen molar-refractivity contribution in [3.05, 3.63) is 12.2 Å². The third-order valence-corrected chi connectivity index (χ3v) is 9.67. The fraction of sp³-hybridized carbons (Fsp3) is 0.931. The number of ether oxygens (including phenoxy) is 1. The molecule has 4 aliphatic carbocycles. The SMILES string of the molecule is CCCC1C=CC(C2CCC(C3CCC(COC4CCC(C)CC4)CC3)CC2)CC1. The Labute approximate surface area is 187 Å². The Balaban J connectivity index is 1.12. The summed E-state index contributed by atoms with van der Waals surface area (Å²) in [5, 5.41) is 0. The van der Waals surface area contributed by atoms with E-state index in [-0.39, 0.29) is 0 Å². The molecule has 0 aromatic rings. The van der Waals surface area contributed by atoms with Crippen LogP contribution in [0.5, 0.6) is 0 Å². The fourth-order valence-corrected chi connectivity index (χ4v) is 7.44. The van der Waals surface area contributed by atoms with Crippen molar-refractivity contribution in [3.8, 4) is 0 Å². The second-order valence-electron chi connectivity index (χ2n) is 11.8. The molecule has 2 atom stereocenters. The van der Waals surface area contributed by atoms with E-state index < -0.39 is 0 Å². The van der Waals surface area contributed by atoms with Crippen molar-refractivity contribution in [2.45, 2.75) is 123 Å². The molecule has 3 saturated carbocycles. The van der Waals surface area contributed by atoms with Crippen LogP contribution in [-0.2, 0) is 4.74 Å². The summed E-state index contributed by atoms with van der Waals surface area (Å²) >= 11 is 0. The minimum atomic E-state index is 0.584. The number of allylic oxidation sites excluding steroid dienone is 2. The molecule has 0 aromatic heterocycles. The van der Waals surface area contributed by atoms with Gasteiger partial charge >= 0.3 is 0 Å². The summed E-state index contributed by atoms with van der Waals surface area (Å²) in [6.45, 7) is 5.80. The van der Waals surface area contributed by atoms with Gasteiger partial charge in [-0.3, -0.25) is 0 Å². The van der Waals surface area contributed by atoms with Gasteiger partial charge in [-0.15, -0.1) is 0 Å². The van der Waals surface area contributed by atoms with E-state index in [9.17, 15) is 0 Å². The first kappa shape index (κ1) is 22.9. The lowest BCUT2D eigenvalue weighted by Gasteiger charge is -2.40. The summed E-state index contributed by atoms with van der Waals surface area (Å²) in [7, 11) is 0. The van der Waals surface area contributed by atoms with Crippen LogP contribution in [0.4, 0.5) is 0 Å². The number of hydrogen-bond donors (Lipinski definition) is 0. The predicted octanol–water partition coefficient (Wildman–Crippen LogP) is 8.58. The van der Waals surface area contributed by atoms with E-state index in [0.29, 0.717) is 6.10 Å². The van der Waals surface area contributed by atoms with Crippen molar-refractivity contribution in [2.75, 3.05) is 6.61 Å². The highest BCUT2D eigenvalue weighted by atomic mass is 16.5. The average Bonchev–Trinajstić information content (AvgIpc) is 2.80. The Morgan fingerprint density at radius 3 is 1.90 bits per heavy atom. The molecule has 0 heterocycles. The second kappa shape index (κ2) is 11.5. The molecule has 1 nitrogen and oxygen atoms in total. The third kappa shape index (κ3) is 6.36. The lowest BCUT2D eigenvalue weighted by Crippen LogP contribution is -2.30. The lowest BCUT2D eigenvalue weighted by molar-refractivity contribution is -0.0113. The normalized spacial score (nSPS) is 42.9. The topological polar surface area (TPSA) is 9.23 Å². The van der Waals surface area contributed by atoms with Crippen LogP contribution in [0.1, 0.15) is 117 Å². The molecule has 2 unspecified atom stereocenters. The van der Waals surface area contributed by atoms with E-state index >= 15 is 0 Å². The van der Waals surface area contributed by atoms with Crippen molar-refractivity contribution in [2.24, 2.45) is 41.4 Å². The van der Waals surface area contributed by atoms with Crippen LogP contribution in [0.2, 0.25) is 0 Å². The van der Waals surface area contributed by atoms with Gasteiger partial charge in [-0.05, 0) is 138 Å². The highest BCUT2D eigenvalue weighted by molar-refractivity contribution is 5.01.